The number of fused-ring (bicyclic) bond motifs is 2. The average Bonchev–Trinajstić information content (AvgIpc) is 3.25. The summed E-state index contributed by atoms with van der Waals surface area (Å²) in [7, 11) is 0. The first-order valence-electron chi connectivity index (χ1n) is 9.59. The zero-order chi connectivity index (χ0) is 20.3. The van der Waals surface area contributed by atoms with Gasteiger partial charge in [-0.3, -0.25) is 4.79 Å². The van der Waals surface area contributed by atoms with E-state index in [1.165, 1.54) is 6.92 Å². The number of Topliss-reactive ketones (excluding diaryl/α,β-unsaturated/α-hetero) is 1. The fraction of sp³-hybridized carbons (Fsp3) is 0.364. The molecule has 2 aromatic heterocycles. The van der Waals surface area contributed by atoms with E-state index < -0.39 is 23.7 Å². The molecule has 0 amide bonds. The van der Waals surface area contributed by atoms with Crippen LogP contribution in [0, 0.1) is 30.1 Å². The van der Waals surface area contributed by atoms with Crippen LogP contribution < -0.4 is 0 Å². The lowest BCUT2D eigenvalue weighted by atomic mass is 9.95. The van der Waals surface area contributed by atoms with Crippen molar-refractivity contribution in [2.45, 2.75) is 38.5 Å². The monoisotopic (exact) mass is 388 g/mol. The van der Waals surface area contributed by atoms with Crippen LogP contribution in [-0.4, -0.2) is 47.7 Å². The smallest absolute Gasteiger partial charge is 0.207 e. The van der Waals surface area contributed by atoms with Gasteiger partial charge in [-0.1, -0.05) is 24.1 Å². The molecule has 3 aromatic rings. The molecule has 2 fully saturated rings. The van der Waals surface area contributed by atoms with Crippen LogP contribution in [0.4, 0.5) is 0 Å². The molecule has 0 radical (unpaired) electrons. The van der Waals surface area contributed by atoms with Gasteiger partial charge >= 0.3 is 0 Å². The predicted octanol–water partition coefficient (Wildman–Crippen LogP) is 1.41. The van der Waals surface area contributed by atoms with Crippen LogP contribution in [0.5, 0.6) is 0 Å². The summed E-state index contributed by atoms with van der Waals surface area (Å²) in [5.41, 5.74) is 1.88. The molecular weight excluding hydrogens is 368 g/mol. The summed E-state index contributed by atoms with van der Waals surface area (Å²) in [5, 5.41) is 21.2. The largest absolute Gasteiger partial charge is 0.389 e. The number of hydrogen-bond acceptors (Lipinski definition) is 6. The summed E-state index contributed by atoms with van der Waals surface area (Å²) in [6, 6.07) is 9.12. The minimum Gasteiger partial charge on any atom is -0.389 e. The second-order valence-electron chi connectivity index (χ2n) is 7.91. The summed E-state index contributed by atoms with van der Waals surface area (Å²) in [6.45, 7) is 3.32. The van der Waals surface area contributed by atoms with Gasteiger partial charge in [-0.25, -0.2) is 15.0 Å². The van der Waals surface area contributed by atoms with Crippen LogP contribution in [-0.2, 0) is 4.79 Å². The molecule has 146 valence electrons. The Bertz CT molecular complexity index is 1190. The molecule has 5 rings (SSSR count). The third-order valence-corrected chi connectivity index (χ3v) is 6.34. The van der Waals surface area contributed by atoms with Crippen LogP contribution in [0.25, 0.3) is 11.2 Å². The maximum Gasteiger partial charge on any atom is 0.207 e. The van der Waals surface area contributed by atoms with Gasteiger partial charge in [-0.05, 0) is 44.2 Å². The molecule has 0 aliphatic heterocycles. The zero-order valence-corrected chi connectivity index (χ0v) is 16.1. The van der Waals surface area contributed by atoms with Crippen LogP contribution in [0.2, 0.25) is 0 Å². The van der Waals surface area contributed by atoms with Crippen LogP contribution in [0.15, 0.2) is 36.7 Å². The molecule has 2 aliphatic rings. The van der Waals surface area contributed by atoms with E-state index >= 15 is 0 Å². The van der Waals surface area contributed by atoms with E-state index in [1.807, 2.05) is 37.3 Å². The highest BCUT2D eigenvalue weighted by Gasteiger charge is 2.74. The summed E-state index contributed by atoms with van der Waals surface area (Å²) < 4.78 is 1.77. The molecule has 2 saturated carbocycles. The summed E-state index contributed by atoms with van der Waals surface area (Å²) in [6.07, 6.45) is 0.0443. The van der Waals surface area contributed by atoms with Gasteiger partial charge in [0.1, 0.15) is 17.4 Å². The van der Waals surface area contributed by atoms with Crippen molar-refractivity contribution in [1.82, 2.24) is 19.5 Å². The Morgan fingerprint density at radius 1 is 1.21 bits per heavy atom. The van der Waals surface area contributed by atoms with Gasteiger partial charge in [0.15, 0.2) is 5.65 Å². The number of benzene rings is 1. The van der Waals surface area contributed by atoms with Crippen molar-refractivity contribution in [2.24, 2.45) is 11.3 Å². The Hall–Kier alpha value is -3.08. The number of aryl methyl sites for hydroxylation is 1. The van der Waals surface area contributed by atoms with Crippen LogP contribution in [0.1, 0.15) is 36.5 Å². The Kier molecular flexibility index (Phi) is 3.85. The van der Waals surface area contributed by atoms with E-state index in [4.69, 9.17) is 0 Å². The molecule has 0 saturated heterocycles. The number of aliphatic hydroxyl groups is 2. The predicted molar refractivity (Wildman–Crippen MR) is 105 cm³/mol. The fourth-order valence-corrected chi connectivity index (χ4v) is 4.75. The number of aromatic nitrogens is 4. The topological polar surface area (TPSA) is 101 Å². The molecule has 2 N–H and O–H groups in total. The third-order valence-electron chi connectivity index (χ3n) is 6.34. The Morgan fingerprint density at radius 2 is 1.97 bits per heavy atom. The van der Waals surface area contributed by atoms with Crippen LogP contribution in [0.3, 0.4) is 0 Å². The van der Waals surface area contributed by atoms with Crippen molar-refractivity contribution >= 4 is 16.9 Å². The third kappa shape index (κ3) is 2.53. The molecule has 5 atom stereocenters. The minimum absolute atomic E-state index is 0.0822. The lowest BCUT2D eigenvalue weighted by Gasteiger charge is -2.23. The first-order chi connectivity index (χ1) is 13.9. The molecule has 7 heteroatoms. The van der Waals surface area contributed by atoms with Gasteiger partial charge in [0, 0.05) is 5.56 Å². The zero-order valence-electron chi connectivity index (χ0n) is 16.1. The molecule has 29 heavy (non-hydrogen) atoms. The molecule has 0 bridgehead atoms. The molecule has 7 nitrogen and oxygen atoms in total. The average molecular weight is 388 g/mol. The first kappa shape index (κ1) is 18.0. The maximum absolute atomic E-state index is 12.1. The van der Waals surface area contributed by atoms with Crippen molar-refractivity contribution in [2.75, 3.05) is 0 Å². The number of nitrogens with zero attached hydrogens (tertiary/aromatic N) is 4. The highest BCUT2D eigenvalue weighted by Crippen LogP contribution is 2.68. The van der Waals surface area contributed by atoms with E-state index in [1.54, 1.807) is 10.9 Å². The number of aliphatic hydroxyl groups excluding tert-OH is 2. The SMILES string of the molecule is CC(=O)[C@@]12CC1[C@@H](n1cnc3c(C)nc(C#Cc4ccccc4)nc31)[C@H](O)[C@@H]2O. The van der Waals surface area contributed by atoms with E-state index in [2.05, 4.69) is 26.8 Å². The number of carbonyl (C=O) groups excluding carboxylic acids is 1. The quantitative estimate of drug-likeness (QED) is 0.644. The Morgan fingerprint density at radius 3 is 2.66 bits per heavy atom. The minimum atomic E-state index is -1.08. The van der Waals surface area contributed by atoms with Crippen molar-refractivity contribution in [3.63, 3.8) is 0 Å². The molecule has 0 spiro atoms. The highest BCUT2D eigenvalue weighted by molar-refractivity contribution is 5.87. The standard InChI is InChI=1S/C22H20N4O3/c1-12-17-21(25-16(24-12)9-8-14-6-4-3-5-7-14)26(11-23-17)18-15-10-22(15,13(2)27)20(29)19(18)28/h3-7,11,15,18-20,28-29H,10H2,1-2H3/t15?,18-,19+,20+,22+/m1/s1. The second-order valence-corrected chi connectivity index (χ2v) is 7.91. The van der Waals surface area contributed by atoms with Gasteiger partial charge in [0.05, 0.1) is 29.6 Å². The number of imidazole rings is 1. The van der Waals surface area contributed by atoms with Crippen molar-refractivity contribution in [1.29, 1.82) is 0 Å². The normalized spacial score (nSPS) is 29.9. The van der Waals surface area contributed by atoms with E-state index in [0.717, 1.165) is 5.56 Å². The van der Waals surface area contributed by atoms with Crippen molar-refractivity contribution in [3.8, 4) is 11.8 Å². The van der Waals surface area contributed by atoms with E-state index in [-0.39, 0.29) is 11.7 Å². The molecule has 2 aliphatic carbocycles. The molecule has 2 heterocycles. The first-order valence-corrected chi connectivity index (χ1v) is 9.59. The summed E-state index contributed by atoms with van der Waals surface area (Å²) >= 11 is 0. The summed E-state index contributed by atoms with van der Waals surface area (Å²) in [5.74, 6) is 6.19. The van der Waals surface area contributed by atoms with E-state index in [0.29, 0.717) is 29.1 Å². The van der Waals surface area contributed by atoms with Gasteiger partial charge in [0.25, 0.3) is 0 Å². The molecular formula is C22H20N4O3. The molecule has 1 aromatic carbocycles. The lowest BCUT2D eigenvalue weighted by molar-refractivity contribution is -0.128. The number of carbonyl (C=O) groups is 1. The van der Waals surface area contributed by atoms with Gasteiger partial charge in [0.2, 0.25) is 5.82 Å². The van der Waals surface area contributed by atoms with Gasteiger partial charge in [-0.15, -0.1) is 0 Å². The van der Waals surface area contributed by atoms with Gasteiger partial charge in [-0.2, -0.15) is 0 Å². The lowest BCUT2D eigenvalue weighted by Crippen LogP contribution is -2.36. The number of ketones is 1. The maximum atomic E-state index is 12.1. The Labute approximate surface area is 167 Å². The fourth-order valence-electron chi connectivity index (χ4n) is 4.75. The molecule has 1 unspecified atom stereocenters. The van der Waals surface area contributed by atoms with Gasteiger partial charge < -0.3 is 14.8 Å². The highest BCUT2D eigenvalue weighted by atomic mass is 16.3. The second kappa shape index (κ2) is 6.21. The van der Waals surface area contributed by atoms with Crippen molar-refractivity contribution < 1.29 is 15.0 Å². The number of hydrogen-bond donors (Lipinski definition) is 2. The Balaban J connectivity index is 1.58. The van der Waals surface area contributed by atoms with Crippen LogP contribution >= 0.6 is 0 Å². The summed E-state index contributed by atoms with van der Waals surface area (Å²) in [4.78, 5) is 25.6. The number of rotatable bonds is 2. The van der Waals surface area contributed by atoms with E-state index in [9.17, 15) is 15.0 Å². The van der Waals surface area contributed by atoms with Crippen molar-refractivity contribution in [3.05, 3.63) is 53.7 Å².